The molecule has 0 bridgehead atoms. The summed E-state index contributed by atoms with van der Waals surface area (Å²) in [6, 6.07) is 4.94. The SMILES string of the molecule is N#Cc1c(NCCC(F)(F)F)nn(-c2cccnn2)c1N. The van der Waals surface area contributed by atoms with Crippen molar-refractivity contribution in [3.05, 3.63) is 23.9 Å². The van der Waals surface area contributed by atoms with Crippen LogP contribution >= 0.6 is 0 Å². The van der Waals surface area contributed by atoms with E-state index < -0.39 is 19.1 Å². The van der Waals surface area contributed by atoms with Crippen molar-refractivity contribution in [3.63, 3.8) is 0 Å². The second-order valence-corrected chi connectivity index (χ2v) is 4.01. The number of nitrogen functional groups attached to an aromatic ring is 1. The lowest BCUT2D eigenvalue weighted by atomic mass is 10.3. The Morgan fingerprint density at radius 2 is 2.19 bits per heavy atom. The van der Waals surface area contributed by atoms with Crippen molar-refractivity contribution in [1.82, 2.24) is 20.0 Å². The number of halogens is 3. The summed E-state index contributed by atoms with van der Waals surface area (Å²) in [5.41, 5.74) is 5.71. The van der Waals surface area contributed by atoms with Crippen LogP contribution in [0.5, 0.6) is 0 Å². The summed E-state index contributed by atoms with van der Waals surface area (Å²) < 4.78 is 37.5. The average Bonchev–Trinajstić information content (AvgIpc) is 2.74. The molecule has 0 saturated carbocycles. The molecule has 21 heavy (non-hydrogen) atoms. The van der Waals surface area contributed by atoms with Gasteiger partial charge in [0, 0.05) is 12.7 Å². The molecular formula is C11H10F3N7. The molecule has 2 aromatic rings. The molecule has 0 amide bonds. The van der Waals surface area contributed by atoms with E-state index in [1.807, 2.05) is 0 Å². The first kappa shape index (κ1) is 14.6. The van der Waals surface area contributed by atoms with Gasteiger partial charge in [-0.2, -0.15) is 28.2 Å². The summed E-state index contributed by atoms with van der Waals surface area (Å²) in [7, 11) is 0. The van der Waals surface area contributed by atoms with Crippen molar-refractivity contribution in [2.75, 3.05) is 17.6 Å². The molecule has 2 aromatic heterocycles. The maximum atomic E-state index is 12.1. The van der Waals surface area contributed by atoms with E-state index >= 15 is 0 Å². The molecule has 0 atom stereocenters. The first-order valence-electron chi connectivity index (χ1n) is 5.79. The van der Waals surface area contributed by atoms with Gasteiger partial charge in [0.1, 0.15) is 17.5 Å². The molecule has 0 fully saturated rings. The Morgan fingerprint density at radius 1 is 1.43 bits per heavy atom. The average molecular weight is 297 g/mol. The Morgan fingerprint density at radius 3 is 2.76 bits per heavy atom. The van der Waals surface area contributed by atoms with Gasteiger partial charge in [-0.25, -0.2) is 0 Å². The Kier molecular flexibility index (Phi) is 3.93. The Hall–Kier alpha value is -2.83. The largest absolute Gasteiger partial charge is 0.390 e. The van der Waals surface area contributed by atoms with Gasteiger partial charge in [-0.15, -0.1) is 10.2 Å². The zero-order chi connectivity index (χ0) is 15.5. The Balaban J connectivity index is 2.25. The van der Waals surface area contributed by atoms with Gasteiger partial charge in [0.15, 0.2) is 11.6 Å². The van der Waals surface area contributed by atoms with Crippen molar-refractivity contribution in [2.45, 2.75) is 12.6 Å². The van der Waals surface area contributed by atoms with Crippen LogP contribution < -0.4 is 11.1 Å². The summed E-state index contributed by atoms with van der Waals surface area (Å²) in [4.78, 5) is 0. The molecule has 0 aliphatic rings. The lowest BCUT2D eigenvalue weighted by Gasteiger charge is -2.06. The third-order valence-electron chi connectivity index (χ3n) is 2.51. The molecule has 0 unspecified atom stereocenters. The van der Waals surface area contributed by atoms with Crippen LogP contribution in [0.4, 0.5) is 24.8 Å². The maximum absolute atomic E-state index is 12.1. The molecule has 7 nitrogen and oxygen atoms in total. The van der Waals surface area contributed by atoms with Gasteiger partial charge in [0.2, 0.25) is 0 Å². The van der Waals surface area contributed by atoms with E-state index in [0.717, 1.165) is 4.68 Å². The summed E-state index contributed by atoms with van der Waals surface area (Å²) in [5, 5.41) is 22.9. The molecule has 2 heterocycles. The van der Waals surface area contributed by atoms with E-state index in [0.29, 0.717) is 0 Å². The monoisotopic (exact) mass is 297 g/mol. The fourth-order valence-corrected chi connectivity index (χ4v) is 1.57. The number of anilines is 2. The number of aromatic nitrogens is 4. The van der Waals surface area contributed by atoms with Crippen molar-refractivity contribution in [3.8, 4) is 11.9 Å². The van der Waals surface area contributed by atoms with Crippen LogP contribution in [0.25, 0.3) is 5.82 Å². The second kappa shape index (κ2) is 5.66. The fraction of sp³-hybridized carbons (Fsp3) is 0.273. The number of nitrogens with one attached hydrogen (secondary N) is 1. The third-order valence-corrected chi connectivity index (χ3v) is 2.51. The van der Waals surface area contributed by atoms with Gasteiger partial charge >= 0.3 is 6.18 Å². The highest BCUT2D eigenvalue weighted by Crippen LogP contribution is 2.24. The summed E-state index contributed by atoms with van der Waals surface area (Å²) in [5.74, 6) is 0.216. The standard InChI is InChI=1S/C11H10F3N7/c12-11(13,14)3-5-17-10-7(6-15)9(16)21(20-10)8-2-1-4-18-19-8/h1-2,4H,3,5,16H2,(H,17,20). The van der Waals surface area contributed by atoms with E-state index in [4.69, 9.17) is 11.0 Å². The molecule has 110 valence electrons. The van der Waals surface area contributed by atoms with Crippen LogP contribution in [0, 0.1) is 11.3 Å². The zero-order valence-corrected chi connectivity index (χ0v) is 10.6. The van der Waals surface area contributed by atoms with Crippen LogP contribution in [0.15, 0.2) is 18.3 Å². The smallest absolute Gasteiger partial charge is 0.382 e. The number of nitrogens with zero attached hydrogens (tertiary/aromatic N) is 5. The lowest BCUT2D eigenvalue weighted by molar-refractivity contribution is -0.131. The van der Waals surface area contributed by atoms with Gasteiger partial charge in [-0.3, -0.25) is 0 Å². The van der Waals surface area contributed by atoms with Gasteiger partial charge in [-0.1, -0.05) is 0 Å². The van der Waals surface area contributed by atoms with Crippen LogP contribution in [0.1, 0.15) is 12.0 Å². The summed E-state index contributed by atoms with van der Waals surface area (Å²) >= 11 is 0. The Bertz CT molecular complexity index is 657. The first-order chi connectivity index (χ1) is 9.92. The quantitative estimate of drug-likeness (QED) is 0.885. The Labute approximate surface area is 117 Å². The van der Waals surface area contributed by atoms with Crippen LogP contribution in [-0.4, -0.2) is 32.7 Å². The molecule has 0 spiro atoms. The van der Waals surface area contributed by atoms with Crippen molar-refractivity contribution >= 4 is 11.6 Å². The first-order valence-corrected chi connectivity index (χ1v) is 5.79. The highest BCUT2D eigenvalue weighted by Gasteiger charge is 2.27. The zero-order valence-electron chi connectivity index (χ0n) is 10.6. The molecule has 10 heteroatoms. The minimum Gasteiger partial charge on any atom is -0.382 e. The van der Waals surface area contributed by atoms with Gasteiger partial charge in [-0.05, 0) is 12.1 Å². The maximum Gasteiger partial charge on any atom is 0.390 e. The molecule has 0 aromatic carbocycles. The van der Waals surface area contributed by atoms with Crippen LogP contribution in [0.2, 0.25) is 0 Å². The molecule has 0 aliphatic carbocycles. The minimum absolute atomic E-state index is 0.0208. The van der Waals surface area contributed by atoms with Gasteiger partial charge < -0.3 is 11.1 Å². The number of hydrogen-bond donors (Lipinski definition) is 2. The van der Waals surface area contributed by atoms with Crippen molar-refractivity contribution in [2.24, 2.45) is 0 Å². The van der Waals surface area contributed by atoms with E-state index in [1.54, 1.807) is 18.2 Å². The van der Waals surface area contributed by atoms with E-state index in [2.05, 4.69) is 20.6 Å². The minimum atomic E-state index is -4.29. The number of nitriles is 1. The van der Waals surface area contributed by atoms with E-state index in [9.17, 15) is 13.2 Å². The number of nitrogens with two attached hydrogens (primary N) is 1. The highest BCUT2D eigenvalue weighted by atomic mass is 19.4. The van der Waals surface area contributed by atoms with Gasteiger partial charge in [0.05, 0.1) is 6.42 Å². The molecular weight excluding hydrogens is 287 g/mol. The normalized spacial score (nSPS) is 11.1. The molecule has 2 rings (SSSR count). The van der Waals surface area contributed by atoms with E-state index in [1.165, 1.54) is 6.20 Å². The fourth-order valence-electron chi connectivity index (χ4n) is 1.57. The topological polar surface area (TPSA) is 105 Å². The lowest BCUT2D eigenvalue weighted by Crippen LogP contribution is -2.15. The predicted octanol–water partition coefficient (Wildman–Crippen LogP) is 1.48. The second-order valence-electron chi connectivity index (χ2n) is 4.01. The molecule has 0 saturated heterocycles. The van der Waals surface area contributed by atoms with Crippen molar-refractivity contribution < 1.29 is 13.2 Å². The number of rotatable bonds is 4. The third kappa shape index (κ3) is 3.38. The van der Waals surface area contributed by atoms with Gasteiger partial charge in [0.25, 0.3) is 0 Å². The van der Waals surface area contributed by atoms with Crippen LogP contribution in [-0.2, 0) is 0 Å². The van der Waals surface area contributed by atoms with Crippen molar-refractivity contribution in [1.29, 1.82) is 5.26 Å². The molecule has 0 aliphatic heterocycles. The molecule has 0 radical (unpaired) electrons. The highest BCUT2D eigenvalue weighted by molar-refractivity contribution is 5.65. The summed E-state index contributed by atoms with van der Waals surface area (Å²) in [6.07, 6.45) is -3.90. The summed E-state index contributed by atoms with van der Waals surface area (Å²) in [6.45, 7) is -0.408. The molecule has 3 N–H and O–H groups in total. The van der Waals surface area contributed by atoms with E-state index in [-0.39, 0.29) is 23.0 Å². The number of hydrogen-bond acceptors (Lipinski definition) is 6. The van der Waals surface area contributed by atoms with Crippen LogP contribution in [0.3, 0.4) is 0 Å². The predicted molar refractivity (Wildman–Crippen MR) is 67.4 cm³/mol. The number of alkyl halides is 3.